The number of aromatic nitrogens is 3. The molecule has 2 aromatic heterocycles. The van der Waals surface area contributed by atoms with Crippen molar-refractivity contribution in [2.45, 2.75) is 26.4 Å². The van der Waals surface area contributed by atoms with Gasteiger partial charge in [-0.1, -0.05) is 31.2 Å². The lowest BCUT2D eigenvalue weighted by Gasteiger charge is -2.19. The second kappa shape index (κ2) is 6.06. The van der Waals surface area contributed by atoms with E-state index in [2.05, 4.69) is 54.6 Å². The van der Waals surface area contributed by atoms with Crippen molar-refractivity contribution in [3.8, 4) is 0 Å². The molecule has 0 saturated carbocycles. The van der Waals surface area contributed by atoms with Crippen LogP contribution in [-0.4, -0.2) is 21.3 Å². The molecule has 0 aliphatic carbocycles. The normalized spacial score (nSPS) is 12.7. The maximum Gasteiger partial charge on any atom is 0.0922 e. The Hall–Kier alpha value is -2.20. The van der Waals surface area contributed by atoms with Crippen molar-refractivity contribution in [1.82, 2.24) is 20.1 Å². The standard InChI is InChI=1S/C17H20N4/c1-3-18-17(16-11-12-19-21(16)4-2)15-10-9-13-7-5-6-8-14(13)20-15/h5-12,17-18H,3-4H2,1-2H3. The van der Waals surface area contributed by atoms with Gasteiger partial charge >= 0.3 is 0 Å². The number of rotatable bonds is 5. The van der Waals surface area contributed by atoms with Crippen LogP contribution in [0.1, 0.15) is 31.3 Å². The largest absolute Gasteiger partial charge is 0.304 e. The summed E-state index contributed by atoms with van der Waals surface area (Å²) < 4.78 is 2.02. The van der Waals surface area contributed by atoms with Gasteiger partial charge in [-0.3, -0.25) is 9.67 Å². The Balaban J connectivity index is 2.06. The smallest absolute Gasteiger partial charge is 0.0922 e. The number of aryl methyl sites for hydroxylation is 1. The summed E-state index contributed by atoms with van der Waals surface area (Å²) in [4.78, 5) is 4.82. The first-order chi connectivity index (χ1) is 10.3. The van der Waals surface area contributed by atoms with Crippen LogP contribution in [-0.2, 0) is 6.54 Å². The van der Waals surface area contributed by atoms with Gasteiger partial charge in [0.05, 0.1) is 22.9 Å². The number of hydrogen-bond acceptors (Lipinski definition) is 3. The second-order valence-corrected chi connectivity index (χ2v) is 4.99. The summed E-state index contributed by atoms with van der Waals surface area (Å²) in [5.74, 6) is 0. The number of nitrogens with zero attached hydrogens (tertiary/aromatic N) is 3. The van der Waals surface area contributed by atoms with E-state index >= 15 is 0 Å². The molecule has 0 radical (unpaired) electrons. The van der Waals surface area contributed by atoms with Gasteiger partial charge in [0.2, 0.25) is 0 Å². The highest BCUT2D eigenvalue weighted by molar-refractivity contribution is 5.78. The predicted molar refractivity (Wildman–Crippen MR) is 85.2 cm³/mol. The fourth-order valence-electron chi connectivity index (χ4n) is 2.66. The van der Waals surface area contributed by atoms with Crippen LogP contribution < -0.4 is 5.32 Å². The van der Waals surface area contributed by atoms with Crippen LogP contribution in [0.2, 0.25) is 0 Å². The summed E-state index contributed by atoms with van der Waals surface area (Å²) in [5.41, 5.74) is 3.22. The molecule has 3 rings (SSSR count). The van der Waals surface area contributed by atoms with Gasteiger partial charge in [0, 0.05) is 18.1 Å². The fraction of sp³-hybridized carbons (Fsp3) is 0.294. The van der Waals surface area contributed by atoms with Crippen molar-refractivity contribution in [3.63, 3.8) is 0 Å². The molecule has 1 atom stereocenters. The Kier molecular flexibility index (Phi) is 3.97. The van der Waals surface area contributed by atoms with Crippen molar-refractivity contribution in [3.05, 3.63) is 60.0 Å². The molecule has 4 nitrogen and oxygen atoms in total. The summed E-state index contributed by atoms with van der Waals surface area (Å²) >= 11 is 0. The van der Waals surface area contributed by atoms with E-state index in [1.54, 1.807) is 0 Å². The van der Waals surface area contributed by atoms with Gasteiger partial charge in [0.1, 0.15) is 0 Å². The van der Waals surface area contributed by atoms with Crippen molar-refractivity contribution < 1.29 is 0 Å². The Labute approximate surface area is 124 Å². The van der Waals surface area contributed by atoms with E-state index in [0.29, 0.717) is 0 Å². The number of benzene rings is 1. The summed E-state index contributed by atoms with van der Waals surface area (Å²) in [7, 11) is 0. The number of fused-ring (bicyclic) bond motifs is 1. The zero-order valence-corrected chi connectivity index (χ0v) is 12.5. The lowest BCUT2D eigenvalue weighted by atomic mass is 10.1. The zero-order chi connectivity index (χ0) is 14.7. The third kappa shape index (κ3) is 2.67. The van der Waals surface area contributed by atoms with Gasteiger partial charge in [0.15, 0.2) is 0 Å². The molecular formula is C17H20N4. The molecule has 0 amide bonds. The minimum Gasteiger partial charge on any atom is -0.304 e. The minimum absolute atomic E-state index is 0.0713. The SMILES string of the molecule is CCNC(c1ccc2ccccc2n1)c1ccnn1CC. The van der Waals surface area contributed by atoms with Crippen molar-refractivity contribution >= 4 is 10.9 Å². The second-order valence-electron chi connectivity index (χ2n) is 4.99. The van der Waals surface area contributed by atoms with Crippen molar-refractivity contribution in [2.75, 3.05) is 6.54 Å². The molecule has 0 saturated heterocycles. The van der Waals surface area contributed by atoms with Crippen LogP contribution >= 0.6 is 0 Å². The topological polar surface area (TPSA) is 42.7 Å². The predicted octanol–water partition coefficient (Wildman–Crippen LogP) is 3.15. The van der Waals surface area contributed by atoms with Gasteiger partial charge in [0.25, 0.3) is 0 Å². The van der Waals surface area contributed by atoms with E-state index in [4.69, 9.17) is 4.98 Å². The Morgan fingerprint density at radius 2 is 1.95 bits per heavy atom. The van der Waals surface area contributed by atoms with Crippen LogP contribution in [0, 0.1) is 0 Å². The molecule has 1 unspecified atom stereocenters. The highest BCUT2D eigenvalue weighted by Gasteiger charge is 2.18. The molecular weight excluding hydrogens is 260 g/mol. The lowest BCUT2D eigenvalue weighted by molar-refractivity contribution is 0.535. The van der Waals surface area contributed by atoms with Crippen molar-refractivity contribution in [1.29, 1.82) is 0 Å². The monoisotopic (exact) mass is 280 g/mol. The summed E-state index contributed by atoms with van der Waals surface area (Å²) in [6, 6.07) is 14.6. The molecule has 1 aromatic carbocycles. The molecule has 0 aliphatic heterocycles. The molecule has 2 heterocycles. The van der Waals surface area contributed by atoms with Gasteiger partial charge in [-0.05, 0) is 31.7 Å². The van der Waals surface area contributed by atoms with Gasteiger partial charge in [-0.15, -0.1) is 0 Å². The summed E-state index contributed by atoms with van der Waals surface area (Å²) in [6.45, 7) is 5.96. The first kappa shape index (κ1) is 13.8. The number of nitrogens with one attached hydrogen (secondary N) is 1. The zero-order valence-electron chi connectivity index (χ0n) is 12.5. The maximum atomic E-state index is 4.82. The fourth-order valence-corrected chi connectivity index (χ4v) is 2.66. The van der Waals surface area contributed by atoms with Crippen LogP contribution in [0.15, 0.2) is 48.7 Å². The van der Waals surface area contributed by atoms with E-state index in [9.17, 15) is 0 Å². The molecule has 0 bridgehead atoms. The molecule has 0 aliphatic rings. The van der Waals surface area contributed by atoms with Gasteiger partial charge in [-0.25, -0.2) is 0 Å². The van der Waals surface area contributed by atoms with Crippen LogP contribution in [0.4, 0.5) is 0 Å². The van der Waals surface area contributed by atoms with Crippen molar-refractivity contribution in [2.24, 2.45) is 0 Å². The number of para-hydroxylation sites is 1. The first-order valence-electron chi connectivity index (χ1n) is 7.44. The molecule has 0 spiro atoms. The average Bonchev–Trinajstić information content (AvgIpc) is 3.00. The van der Waals surface area contributed by atoms with E-state index in [1.165, 1.54) is 5.39 Å². The third-order valence-electron chi connectivity index (χ3n) is 3.67. The molecule has 0 fully saturated rings. The van der Waals surface area contributed by atoms with E-state index in [-0.39, 0.29) is 6.04 Å². The van der Waals surface area contributed by atoms with Gasteiger partial charge in [-0.2, -0.15) is 5.10 Å². The molecule has 108 valence electrons. The highest BCUT2D eigenvalue weighted by Crippen LogP contribution is 2.22. The summed E-state index contributed by atoms with van der Waals surface area (Å²) in [5, 5.41) is 9.06. The lowest BCUT2D eigenvalue weighted by Crippen LogP contribution is -2.25. The highest BCUT2D eigenvalue weighted by atomic mass is 15.3. The molecule has 3 aromatic rings. The minimum atomic E-state index is 0.0713. The van der Waals surface area contributed by atoms with Crippen LogP contribution in [0.3, 0.4) is 0 Å². The van der Waals surface area contributed by atoms with Crippen LogP contribution in [0.5, 0.6) is 0 Å². The number of pyridine rings is 1. The van der Waals surface area contributed by atoms with Crippen LogP contribution in [0.25, 0.3) is 10.9 Å². The Morgan fingerprint density at radius 1 is 1.10 bits per heavy atom. The van der Waals surface area contributed by atoms with E-state index < -0.39 is 0 Å². The first-order valence-corrected chi connectivity index (χ1v) is 7.44. The summed E-state index contributed by atoms with van der Waals surface area (Å²) in [6.07, 6.45) is 1.85. The maximum absolute atomic E-state index is 4.82. The average molecular weight is 280 g/mol. The molecule has 4 heteroatoms. The molecule has 21 heavy (non-hydrogen) atoms. The molecule has 1 N–H and O–H groups in total. The van der Waals surface area contributed by atoms with Gasteiger partial charge < -0.3 is 5.32 Å². The Morgan fingerprint density at radius 3 is 2.76 bits per heavy atom. The number of hydrogen-bond donors (Lipinski definition) is 1. The third-order valence-corrected chi connectivity index (χ3v) is 3.67. The quantitative estimate of drug-likeness (QED) is 0.780. The van der Waals surface area contributed by atoms with E-state index in [0.717, 1.165) is 30.0 Å². The Bertz CT molecular complexity index is 732. The van der Waals surface area contributed by atoms with E-state index in [1.807, 2.05) is 23.0 Å².